The second-order valence-electron chi connectivity index (χ2n) is 3.41. The Kier molecular flexibility index (Phi) is 3.84. The average Bonchev–Trinajstić information content (AvgIpc) is 2.51. The zero-order valence-electron chi connectivity index (χ0n) is 7.82. The van der Waals surface area contributed by atoms with Crippen LogP contribution in [0.25, 0.3) is 0 Å². The zero-order chi connectivity index (χ0) is 10.6. The van der Waals surface area contributed by atoms with Crippen molar-refractivity contribution < 1.29 is 14.7 Å². The van der Waals surface area contributed by atoms with Crippen molar-refractivity contribution in [3.63, 3.8) is 0 Å². The Balaban J connectivity index is 2.09. The smallest absolute Gasteiger partial charge is 0.321 e. The van der Waals surface area contributed by atoms with Crippen LogP contribution in [0.5, 0.6) is 0 Å². The van der Waals surface area contributed by atoms with Crippen molar-refractivity contribution in [3.05, 3.63) is 0 Å². The van der Waals surface area contributed by atoms with E-state index in [0.29, 0.717) is 13.0 Å². The van der Waals surface area contributed by atoms with Gasteiger partial charge in [0, 0.05) is 25.6 Å². The van der Waals surface area contributed by atoms with Crippen LogP contribution in [0.15, 0.2) is 0 Å². The Bertz CT molecular complexity index is 232. The first-order valence-corrected chi connectivity index (χ1v) is 4.58. The number of carbonyl (C=O) groups is 2. The highest BCUT2D eigenvalue weighted by molar-refractivity contribution is 5.78. The predicted molar refractivity (Wildman–Crippen MR) is 49.6 cm³/mol. The van der Waals surface area contributed by atoms with Gasteiger partial charge in [-0.2, -0.15) is 0 Å². The number of hydrogen-bond donors (Lipinski definition) is 4. The zero-order valence-corrected chi connectivity index (χ0v) is 7.82. The van der Waals surface area contributed by atoms with Gasteiger partial charge in [-0.3, -0.25) is 9.59 Å². The number of hydrogen-bond acceptors (Lipinski definition) is 4. The molecule has 1 amide bonds. The van der Waals surface area contributed by atoms with Gasteiger partial charge < -0.3 is 21.5 Å². The molecule has 2 atom stereocenters. The Labute approximate surface area is 81.8 Å². The summed E-state index contributed by atoms with van der Waals surface area (Å²) in [5, 5.41) is 14.2. The molecule has 1 saturated heterocycles. The van der Waals surface area contributed by atoms with Crippen LogP contribution in [-0.4, -0.2) is 42.2 Å². The van der Waals surface area contributed by atoms with Gasteiger partial charge in [-0.05, 0) is 6.42 Å². The number of aliphatic carboxylic acids is 1. The van der Waals surface area contributed by atoms with Crippen molar-refractivity contribution in [3.8, 4) is 0 Å². The average molecular weight is 201 g/mol. The third kappa shape index (κ3) is 3.31. The fourth-order valence-electron chi connectivity index (χ4n) is 1.33. The minimum atomic E-state index is -1.02. The third-order valence-corrected chi connectivity index (χ3v) is 2.16. The molecule has 0 radical (unpaired) electrons. The standard InChI is InChI=1S/C8H15N3O3/c9-6(8(13)14)4-10-3-5-1-2-7(12)11-5/h5-6,10H,1-4,9H2,(H,11,12)(H,13,14). The highest BCUT2D eigenvalue weighted by Gasteiger charge is 2.20. The van der Waals surface area contributed by atoms with Gasteiger partial charge in [0.25, 0.3) is 0 Å². The molecule has 1 rings (SSSR count). The summed E-state index contributed by atoms with van der Waals surface area (Å²) in [7, 11) is 0. The van der Waals surface area contributed by atoms with E-state index in [9.17, 15) is 9.59 Å². The summed E-state index contributed by atoms with van der Waals surface area (Å²) < 4.78 is 0. The maximum atomic E-state index is 10.8. The minimum absolute atomic E-state index is 0.0549. The van der Waals surface area contributed by atoms with Crippen molar-refractivity contribution in [1.82, 2.24) is 10.6 Å². The predicted octanol–water partition coefficient (Wildman–Crippen LogP) is -1.73. The molecule has 0 aromatic carbocycles. The van der Waals surface area contributed by atoms with Gasteiger partial charge in [-0.15, -0.1) is 0 Å². The lowest BCUT2D eigenvalue weighted by molar-refractivity contribution is -0.138. The molecule has 6 nitrogen and oxygen atoms in total. The quantitative estimate of drug-likeness (QED) is 0.423. The van der Waals surface area contributed by atoms with E-state index in [4.69, 9.17) is 10.8 Å². The second-order valence-corrected chi connectivity index (χ2v) is 3.41. The van der Waals surface area contributed by atoms with Crippen LogP contribution in [0.1, 0.15) is 12.8 Å². The van der Waals surface area contributed by atoms with Crippen molar-refractivity contribution in [2.75, 3.05) is 13.1 Å². The molecule has 6 heteroatoms. The first kappa shape index (κ1) is 10.9. The van der Waals surface area contributed by atoms with Crippen LogP contribution >= 0.6 is 0 Å². The summed E-state index contributed by atoms with van der Waals surface area (Å²) >= 11 is 0. The number of carboxylic acid groups (broad SMARTS) is 1. The Morgan fingerprint density at radius 2 is 2.50 bits per heavy atom. The van der Waals surface area contributed by atoms with Gasteiger partial charge in [0.2, 0.25) is 5.91 Å². The summed E-state index contributed by atoms with van der Waals surface area (Å²) in [6.07, 6.45) is 1.35. The highest BCUT2D eigenvalue weighted by atomic mass is 16.4. The number of amides is 1. The molecule has 1 fully saturated rings. The van der Waals surface area contributed by atoms with Gasteiger partial charge in [0.05, 0.1) is 0 Å². The van der Waals surface area contributed by atoms with Crippen molar-refractivity contribution in [1.29, 1.82) is 0 Å². The molecular weight excluding hydrogens is 186 g/mol. The van der Waals surface area contributed by atoms with Crippen LogP contribution in [-0.2, 0) is 9.59 Å². The molecule has 2 unspecified atom stereocenters. The highest BCUT2D eigenvalue weighted by Crippen LogP contribution is 2.04. The van der Waals surface area contributed by atoms with E-state index in [0.717, 1.165) is 6.42 Å². The van der Waals surface area contributed by atoms with Crippen LogP contribution in [0.3, 0.4) is 0 Å². The first-order valence-electron chi connectivity index (χ1n) is 4.58. The molecule has 0 aromatic rings. The topological polar surface area (TPSA) is 104 Å². The molecule has 80 valence electrons. The second kappa shape index (κ2) is 4.92. The van der Waals surface area contributed by atoms with Gasteiger partial charge in [-0.1, -0.05) is 0 Å². The van der Waals surface area contributed by atoms with Crippen LogP contribution in [0, 0.1) is 0 Å². The Hall–Kier alpha value is -1.14. The molecule has 1 heterocycles. The van der Waals surface area contributed by atoms with E-state index >= 15 is 0 Å². The van der Waals surface area contributed by atoms with E-state index in [1.165, 1.54) is 0 Å². The Morgan fingerprint density at radius 1 is 1.79 bits per heavy atom. The maximum absolute atomic E-state index is 10.8. The molecule has 0 aromatic heterocycles. The van der Waals surface area contributed by atoms with Crippen LogP contribution in [0.2, 0.25) is 0 Å². The van der Waals surface area contributed by atoms with Gasteiger partial charge in [0.1, 0.15) is 6.04 Å². The lowest BCUT2D eigenvalue weighted by Crippen LogP contribution is -2.44. The lowest BCUT2D eigenvalue weighted by atomic mass is 10.2. The SMILES string of the molecule is NC(CNCC1CCC(=O)N1)C(=O)O. The minimum Gasteiger partial charge on any atom is -0.480 e. The molecule has 0 spiro atoms. The number of carboxylic acids is 1. The van der Waals surface area contributed by atoms with Crippen molar-refractivity contribution in [2.24, 2.45) is 5.73 Å². The van der Waals surface area contributed by atoms with Gasteiger partial charge in [-0.25, -0.2) is 0 Å². The summed E-state index contributed by atoms with van der Waals surface area (Å²) in [6.45, 7) is 0.800. The largest absolute Gasteiger partial charge is 0.480 e. The molecule has 1 aliphatic heterocycles. The fourth-order valence-corrected chi connectivity index (χ4v) is 1.33. The van der Waals surface area contributed by atoms with Crippen LogP contribution in [0.4, 0.5) is 0 Å². The maximum Gasteiger partial charge on any atom is 0.321 e. The first-order chi connectivity index (χ1) is 6.59. The molecule has 0 saturated carbocycles. The molecule has 1 aliphatic rings. The normalized spacial score (nSPS) is 23.2. The summed E-state index contributed by atoms with van der Waals surface area (Å²) in [6, 6.07) is -0.768. The molecule has 0 aliphatic carbocycles. The van der Waals surface area contributed by atoms with E-state index < -0.39 is 12.0 Å². The third-order valence-electron chi connectivity index (χ3n) is 2.16. The van der Waals surface area contributed by atoms with E-state index in [-0.39, 0.29) is 18.5 Å². The van der Waals surface area contributed by atoms with E-state index in [1.54, 1.807) is 0 Å². The van der Waals surface area contributed by atoms with E-state index in [1.807, 2.05) is 0 Å². The summed E-state index contributed by atoms with van der Waals surface area (Å²) in [5.74, 6) is -0.965. The molecule has 5 N–H and O–H groups in total. The molecule has 0 bridgehead atoms. The number of carbonyl (C=O) groups excluding carboxylic acids is 1. The van der Waals surface area contributed by atoms with Gasteiger partial charge in [0.15, 0.2) is 0 Å². The lowest BCUT2D eigenvalue weighted by Gasteiger charge is -2.12. The number of nitrogens with one attached hydrogen (secondary N) is 2. The van der Waals surface area contributed by atoms with Crippen LogP contribution < -0.4 is 16.4 Å². The molecule has 14 heavy (non-hydrogen) atoms. The van der Waals surface area contributed by atoms with E-state index in [2.05, 4.69) is 10.6 Å². The summed E-state index contributed by atoms with van der Waals surface area (Å²) in [5.41, 5.74) is 5.28. The fraction of sp³-hybridized carbons (Fsp3) is 0.750. The Morgan fingerprint density at radius 3 is 3.00 bits per heavy atom. The summed E-state index contributed by atoms with van der Waals surface area (Å²) in [4.78, 5) is 21.1. The molecular formula is C8H15N3O3. The number of nitrogens with two attached hydrogens (primary N) is 1. The van der Waals surface area contributed by atoms with Gasteiger partial charge >= 0.3 is 5.97 Å². The van der Waals surface area contributed by atoms with Crippen molar-refractivity contribution >= 4 is 11.9 Å². The monoisotopic (exact) mass is 201 g/mol. The van der Waals surface area contributed by atoms with Crippen molar-refractivity contribution in [2.45, 2.75) is 24.9 Å². The number of rotatable bonds is 5.